The van der Waals surface area contributed by atoms with Gasteiger partial charge in [-0.05, 0) is 25.1 Å². The van der Waals surface area contributed by atoms with Crippen molar-refractivity contribution in [2.24, 2.45) is 5.73 Å². The van der Waals surface area contributed by atoms with Gasteiger partial charge in [-0.25, -0.2) is 0 Å². The third-order valence-corrected chi connectivity index (χ3v) is 3.87. The molecular formula is C14H17N3S. The number of pyridine rings is 1. The Labute approximate surface area is 112 Å². The van der Waals surface area contributed by atoms with E-state index in [2.05, 4.69) is 36.2 Å². The van der Waals surface area contributed by atoms with Crippen molar-refractivity contribution in [1.29, 1.82) is 0 Å². The summed E-state index contributed by atoms with van der Waals surface area (Å²) in [5.74, 6) is 0.791. The lowest BCUT2D eigenvalue weighted by Crippen LogP contribution is -2.15. The van der Waals surface area contributed by atoms with Gasteiger partial charge in [0.15, 0.2) is 0 Å². The Hall–Kier alpha value is -1.52. The van der Waals surface area contributed by atoms with Crippen LogP contribution < -0.4 is 11.5 Å². The molecule has 0 amide bonds. The van der Waals surface area contributed by atoms with E-state index in [1.807, 2.05) is 0 Å². The topological polar surface area (TPSA) is 64.9 Å². The molecule has 0 saturated carbocycles. The van der Waals surface area contributed by atoms with E-state index in [0.717, 1.165) is 11.3 Å². The number of nitrogens with zero attached hydrogens (tertiary/aromatic N) is 1. The fourth-order valence-electron chi connectivity index (χ4n) is 1.64. The lowest BCUT2D eigenvalue weighted by atomic mass is 10.1. The van der Waals surface area contributed by atoms with E-state index in [-0.39, 0.29) is 6.04 Å². The summed E-state index contributed by atoms with van der Waals surface area (Å²) in [6, 6.07) is 10.1. The van der Waals surface area contributed by atoms with Crippen LogP contribution in [-0.4, -0.2) is 10.7 Å². The van der Waals surface area contributed by atoms with Gasteiger partial charge in [0.2, 0.25) is 0 Å². The summed E-state index contributed by atoms with van der Waals surface area (Å²) in [4.78, 5) is 5.28. The Bertz CT molecular complexity index is 511. The predicted molar refractivity (Wildman–Crippen MR) is 77.5 cm³/mol. The Morgan fingerprint density at radius 3 is 2.61 bits per heavy atom. The first kappa shape index (κ1) is 12.9. The molecule has 0 bridgehead atoms. The number of aryl methyl sites for hydroxylation is 1. The number of nitrogen functional groups attached to an aromatic ring is 1. The van der Waals surface area contributed by atoms with Crippen molar-refractivity contribution in [2.45, 2.75) is 17.9 Å². The third-order valence-electron chi connectivity index (χ3n) is 2.74. The highest BCUT2D eigenvalue weighted by Crippen LogP contribution is 2.25. The second-order valence-electron chi connectivity index (χ2n) is 4.24. The molecule has 1 aromatic heterocycles. The Morgan fingerprint density at radius 2 is 1.94 bits per heavy atom. The molecule has 0 saturated heterocycles. The molecule has 1 heterocycles. The zero-order valence-corrected chi connectivity index (χ0v) is 11.2. The van der Waals surface area contributed by atoms with E-state index >= 15 is 0 Å². The van der Waals surface area contributed by atoms with Crippen molar-refractivity contribution in [1.82, 2.24) is 4.98 Å². The molecule has 4 heteroatoms. The molecule has 4 N–H and O–H groups in total. The van der Waals surface area contributed by atoms with Crippen molar-refractivity contribution in [3.63, 3.8) is 0 Å². The van der Waals surface area contributed by atoms with Gasteiger partial charge in [0.05, 0.1) is 0 Å². The second kappa shape index (κ2) is 5.89. The molecule has 0 aliphatic carbocycles. The van der Waals surface area contributed by atoms with Crippen molar-refractivity contribution in [3.8, 4) is 0 Å². The summed E-state index contributed by atoms with van der Waals surface area (Å²) in [5, 5.41) is 0. The van der Waals surface area contributed by atoms with Gasteiger partial charge < -0.3 is 11.5 Å². The molecule has 94 valence electrons. The molecule has 2 aromatic rings. The minimum Gasteiger partial charge on any atom is -0.398 e. The summed E-state index contributed by atoms with van der Waals surface area (Å²) in [6.45, 7) is 2.08. The first-order chi connectivity index (χ1) is 8.66. The van der Waals surface area contributed by atoms with E-state index in [1.165, 1.54) is 10.5 Å². The Kier molecular flexibility index (Phi) is 4.23. The van der Waals surface area contributed by atoms with Crippen LogP contribution in [0.5, 0.6) is 0 Å². The number of benzene rings is 1. The van der Waals surface area contributed by atoms with Crippen LogP contribution >= 0.6 is 11.8 Å². The molecule has 0 fully saturated rings. The average Bonchev–Trinajstić information content (AvgIpc) is 2.38. The Morgan fingerprint density at radius 1 is 1.22 bits per heavy atom. The van der Waals surface area contributed by atoms with Gasteiger partial charge in [-0.15, -0.1) is 11.8 Å². The molecule has 1 atom stereocenters. The van der Waals surface area contributed by atoms with Crippen molar-refractivity contribution >= 4 is 17.4 Å². The number of rotatable bonds is 4. The van der Waals surface area contributed by atoms with Crippen LogP contribution in [0.25, 0.3) is 0 Å². The summed E-state index contributed by atoms with van der Waals surface area (Å²) in [5.41, 5.74) is 14.9. The van der Waals surface area contributed by atoms with Gasteiger partial charge in [0.1, 0.15) is 0 Å². The van der Waals surface area contributed by atoms with Crippen LogP contribution in [0, 0.1) is 6.92 Å². The van der Waals surface area contributed by atoms with Crippen molar-refractivity contribution in [2.75, 3.05) is 11.5 Å². The number of nitrogens with two attached hydrogens (primary N) is 2. The van der Waals surface area contributed by atoms with Crippen LogP contribution in [-0.2, 0) is 0 Å². The highest BCUT2D eigenvalue weighted by molar-refractivity contribution is 7.99. The van der Waals surface area contributed by atoms with Crippen LogP contribution in [0.3, 0.4) is 0 Å². The van der Waals surface area contributed by atoms with Crippen molar-refractivity contribution < 1.29 is 0 Å². The normalized spacial score (nSPS) is 12.3. The van der Waals surface area contributed by atoms with E-state index in [4.69, 9.17) is 11.5 Å². The molecule has 0 aliphatic rings. The molecular weight excluding hydrogens is 242 g/mol. The molecule has 0 spiro atoms. The zero-order chi connectivity index (χ0) is 13.0. The average molecular weight is 259 g/mol. The van der Waals surface area contributed by atoms with Gasteiger partial charge in [0.25, 0.3) is 0 Å². The standard InChI is InChI=1S/C14H17N3S/c1-10-2-4-11(5-3-10)18-9-14(16)12-8-17-7-6-13(12)15/h2-8,14H,9,16H2,1H3,(H2,15,17). The number of aromatic nitrogens is 1. The molecule has 18 heavy (non-hydrogen) atoms. The van der Waals surface area contributed by atoms with Gasteiger partial charge in [-0.3, -0.25) is 4.98 Å². The number of hydrogen-bond acceptors (Lipinski definition) is 4. The minimum absolute atomic E-state index is 0.0926. The van der Waals surface area contributed by atoms with E-state index in [1.54, 1.807) is 30.2 Å². The van der Waals surface area contributed by atoms with E-state index in [9.17, 15) is 0 Å². The number of hydrogen-bond donors (Lipinski definition) is 2. The maximum absolute atomic E-state index is 6.13. The van der Waals surface area contributed by atoms with Gasteiger partial charge >= 0.3 is 0 Å². The summed E-state index contributed by atoms with van der Waals surface area (Å²) in [6.07, 6.45) is 3.42. The van der Waals surface area contributed by atoms with Crippen LogP contribution in [0.4, 0.5) is 5.69 Å². The molecule has 1 aromatic carbocycles. The maximum Gasteiger partial charge on any atom is 0.0426 e. The largest absolute Gasteiger partial charge is 0.398 e. The molecule has 0 radical (unpaired) electrons. The van der Waals surface area contributed by atoms with Crippen LogP contribution in [0.15, 0.2) is 47.6 Å². The van der Waals surface area contributed by atoms with E-state index in [0.29, 0.717) is 5.69 Å². The SMILES string of the molecule is Cc1ccc(SCC(N)c2cnccc2N)cc1. The fraction of sp³-hybridized carbons (Fsp3) is 0.214. The molecule has 0 aliphatic heterocycles. The summed E-state index contributed by atoms with van der Waals surface area (Å²) >= 11 is 1.73. The number of thioether (sulfide) groups is 1. The lowest BCUT2D eigenvalue weighted by molar-refractivity contribution is 0.827. The predicted octanol–water partition coefficient (Wildman–Crippen LogP) is 2.76. The number of anilines is 1. The van der Waals surface area contributed by atoms with Gasteiger partial charge in [0, 0.05) is 40.3 Å². The Balaban J connectivity index is 1.98. The molecule has 1 unspecified atom stereocenters. The second-order valence-corrected chi connectivity index (χ2v) is 5.33. The first-order valence-corrected chi connectivity index (χ1v) is 6.80. The monoisotopic (exact) mass is 259 g/mol. The summed E-state index contributed by atoms with van der Waals surface area (Å²) in [7, 11) is 0. The van der Waals surface area contributed by atoms with E-state index < -0.39 is 0 Å². The lowest BCUT2D eigenvalue weighted by Gasteiger charge is -2.13. The first-order valence-electron chi connectivity index (χ1n) is 5.81. The maximum atomic E-state index is 6.13. The van der Waals surface area contributed by atoms with Crippen LogP contribution in [0.1, 0.15) is 17.2 Å². The zero-order valence-electron chi connectivity index (χ0n) is 10.3. The summed E-state index contributed by atoms with van der Waals surface area (Å²) < 4.78 is 0. The molecule has 2 rings (SSSR count). The smallest absolute Gasteiger partial charge is 0.0426 e. The fourth-order valence-corrected chi connectivity index (χ4v) is 2.52. The minimum atomic E-state index is -0.0926. The highest BCUT2D eigenvalue weighted by atomic mass is 32.2. The third kappa shape index (κ3) is 3.24. The highest BCUT2D eigenvalue weighted by Gasteiger charge is 2.10. The van der Waals surface area contributed by atoms with Crippen LogP contribution in [0.2, 0.25) is 0 Å². The van der Waals surface area contributed by atoms with Crippen molar-refractivity contribution in [3.05, 3.63) is 53.9 Å². The molecule has 3 nitrogen and oxygen atoms in total. The van der Waals surface area contributed by atoms with Gasteiger partial charge in [-0.1, -0.05) is 17.7 Å². The van der Waals surface area contributed by atoms with Gasteiger partial charge in [-0.2, -0.15) is 0 Å². The quantitative estimate of drug-likeness (QED) is 0.829.